The second-order valence-corrected chi connectivity index (χ2v) is 2.09. The third-order valence-electron chi connectivity index (χ3n) is 1.40. The van der Waals surface area contributed by atoms with E-state index in [1.54, 1.807) is 0 Å². The van der Waals surface area contributed by atoms with Gasteiger partial charge in [-0.05, 0) is 6.92 Å². The number of halogens is 1. The molecule has 0 spiro atoms. The first-order valence-electron chi connectivity index (χ1n) is 3.05. The summed E-state index contributed by atoms with van der Waals surface area (Å²) in [5, 5.41) is 9.15. The molecule has 0 saturated heterocycles. The third kappa shape index (κ3) is 1.24. The van der Waals surface area contributed by atoms with Gasteiger partial charge in [-0.3, -0.25) is 0 Å². The second-order valence-electron chi connectivity index (χ2n) is 2.09. The van der Waals surface area contributed by atoms with Gasteiger partial charge in [0, 0.05) is 5.56 Å². The Morgan fingerprint density at radius 2 is 2.27 bits per heavy atom. The van der Waals surface area contributed by atoms with E-state index in [1.807, 2.05) is 0 Å². The summed E-state index contributed by atoms with van der Waals surface area (Å²) >= 11 is 0. The standard InChI is InChI=1S/C7H8FNO2/c1-4-5(8)3-9-7(11-2)6(4)10/h3,10H,1-2H3. The predicted octanol–water partition coefficient (Wildman–Crippen LogP) is 1.24. The molecule has 0 radical (unpaired) electrons. The summed E-state index contributed by atoms with van der Waals surface area (Å²) in [6.45, 7) is 1.45. The molecule has 1 N–H and O–H groups in total. The number of nitrogens with zero attached hydrogens (tertiary/aromatic N) is 1. The molecule has 1 rings (SSSR count). The lowest BCUT2D eigenvalue weighted by atomic mass is 10.2. The number of hydrogen-bond donors (Lipinski definition) is 1. The number of pyridine rings is 1. The molecular formula is C7H8FNO2. The molecule has 0 saturated carbocycles. The summed E-state index contributed by atoms with van der Waals surface area (Å²) in [4.78, 5) is 3.51. The van der Waals surface area contributed by atoms with Gasteiger partial charge in [-0.15, -0.1) is 0 Å². The molecule has 1 heterocycles. The van der Waals surface area contributed by atoms with Crippen LogP contribution in [0.4, 0.5) is 4.39 Å². The largest absolute Gasteiger partial charge is 0.503 e. The van der Waals surface area contributed by atoms with Crippen molar-refractivity contribution < 1.29 is 14.2 Å². The van der Waals surface area contributed by atoms with Crippen LogP contribution in [-0.4, -0.2) is 17.2 Å². The van der Waals surface area contributed by atoms with Crippen molar-refractivity contribution in [3.8, 4) is 11.6 Å². The average Bonchev–Trinajstić information content (AvgIpc) is 2.01. The topological polar surface area (TPSA) is 42.4 Å². The summed E-state index contributed by atoms with van der Waals surface area (Å²) in [5.74, 6) is -0.736. The first-order valence-corrected chi connectivity index (χ1v) is 3.05. The van der Waals surface area contributed by atoms with Gasteiger partial charge in [0.05, 0.1) is 13.3 Å². The number of ether oxygens (including phenoxy) is 1. The molecule has 11 heavy (non-hydrogen) atoms. The lowest BCUT2D eigenvalue weighted by molar-refractivity contribution is 0.353. The SMILES string of the molecule is COc1ncc(F)c(C)c1O. The number of methoxy groups -OCH3 is 1. The average molecular weight is 157 g/mol. The summed E-state index contributed by atoms with van der Waals surface area (Å²) in [5.41, 5.74) is 0.150. The van der Waals surface area contributed by atoms with Crippen molar-refractivity contribution in [1.29, 1.82) is 0 Å². The molecule has 1 aromatic heterocycles. The lowest BCUT2D eigenvalue weighted by Crippen LogP contribution is -1.92. The van der Waals surface area contributed by atoms with Crippen molar-refractivity contribution >= 4 is 0 Å². The Labute approximate surface area is 63.5 Å². The van der Waals surface area contributed by atoms with E-state index in [0.717, 1.165) is 6.20 Å². The van der Waals surface area contributed by atoms with Crippen LogP contribution in [0, 0.1) is 12.7 Å². The Morgan fingerprint density at radius 1 is 1.64 bits per heavy atom. The third-order valence-corrected chi connectivity index (χ3v) is 1.40. The van der Waals surface area contributed by atoms with Crippen molar-refractivity contribution in [3.05, 3.63) is 17.6 Å². The van der Waals surface area contributed by atoms with Gasteiger partial charge >= 0.3 is 0 Å². The van der Waals surface area contributed by atoms with Crippen molar-refractivity contribution in [2.75, 3.05) is 7.11 Å². The van der Waals surface area contributed by atoms with Crippen molar-refractivity contribution in [3.63, 3.8) is 0 Å². The second kappa shape index (κ2) is 2.74. The normalized spacial score (nSPS) is 9.73. The molecule has 0 amide bonds. The maximum Gasteiger partial charge on any atom is 0.256 e. The highest BCUT2D eigenvalue weighted by Gasteiger charge is 2.09. The summed E-state index contributed by atoms with van der Waals surface area (Å²) in [7, 11) is 1.36. The zero-order valence-electron chi connectivity index (χ0n) is 6.26. The maximum atomic E-state index is 12.6. The zero-order chi connectivity index (χ0) is 8.43. The Morgan fingerprint density at radius 3 is 2.82 bits per heavy atom. The van der Waals surface area contributed by atoms with Gasteiger partial charge in [0.25, 0.3) is 5.88 Å². The van der Waals surface area contributed by atoms with Crippen molar-refractivity contribution in [2.45, 2.75) is 6.92 Å². The van der Waals surface area contributed by atoms with E-state index in [0.29, 0.717) is 0 Å². The minimum Gasteiger partial charge on any atom is -0.503 e. The van der Waals surface area contributed by atoms with Gasteiger partial charge in [0.2, 0.25) is 0 Å². The van der Waals surface area contributed by atoms with Crippen LogP contribution in [0.1, 0.15) is 5.56 Å². The van der Waals surface area contributed by atoms with Crippen LogP contribution in [0.15, 0.2) is 6.20 Å². The first kappa shape index (κ1) is 7.78. The molecule has 3 nitrogen and oxygen atoms in total. The van der Waals surface area contributed by atoms with E-state index in [4.69, 9.17) is 5.11 Å². The molecule has 0 atom stereocenters. The first-order chi connectivity index (χ1) is 5.16. The van der Waals surface area contributed by atoms with Gasteiger partial charge in [-0.25, -0.2) is 9.37 Å². The molecule has 0 aliphatic carbocycles. The van der Waals surface area contributed by atoms with Crippen LogP contribution in [0.5, 0.6) is 11.6 Å². The van der Waals surface area contributed by atoms with Gasteiger partial charge in [0.1, 0.15) is 5.82 Å². The van der Waals surface area contributed by atoms with E-state index < -0.39 is 5.82 Å². The molecule has 0 bridgehead atoms. The molecule has 60 valence electrons. The van der Waals surface area contributed by atoms with Crippen LogP contribution in [0.3, 0.4) is 0 Å². The Bertz CT molecular complexity index is 275. The van der Waals surface area contributed by atoms with Gasteiger partial charge < -0.3 is 9.84 Å². The van der Waals surface area contributed by atoms with Crippen LogP contribution < -0.4 is 4.74 Å². The Kier molecular flexibility index (Phi) is 1.94. The van der Waals surface area contributed by atoms with Gasteiger partial charge in [0.15, 0.2) is 5.75 Å². The molecule has 1 aromatic rings. The summed E-state index contributed by atoms with van der Waals surface area (Å²) in [6, 6.07) is 0. The number of aromatic hydroxyl groups is 1. The highest BCUT2D eigenvalue weighted by molar-refractivity contribution is 5.39. The van der Waals surface area contributed by atoms with E-state index in [2.05, 4.69) is 9.72 Å². The molecule has 4 heteroatoms. The maximum absolute atomic E-state index is 12.6. The van der Waals surface area contributed by atoms with Gasteiger partial charge in [-0.2, -0.15) is 0 Å². The van der Waals surface area contributed by atoms with Crippen molar-refractivity contribution in [1.82, 2.24) is 4.98 Å². The van der Waals surface area contributed by atoms with Crippen LogP contribution in [0.25, 0.3) is 0 Å². The molecule has 0 fully saturated rings. The molecular weight excluding hydrogens is 149 g/mol. The van der Waals surface area contributed by atoms with Gasteiger partial charge in [-0.1, -0.05) is 0 Å². The smallest absolute Gasteiger partial charge is 0.256 e. The monoisotopic (exact) mass is 157 g/mol. The predicted molar refractivity (Wildman–Crippen MR) is 37.1 cm³/mol. The minimum absolute atomic E-state index is 0.0453. The number of hydrogen-bond acceptors (Lipinski definition) is 3. The van der Waals surface area contributed by atoms with Crippen molar-refractivity contribution in [2.24, 2.45) is 0 Å². The fourth-order valence-corrected chi connectivity index (χ4v) is 0.696. The lowest BCUT2D eigenvalue weighted by Gasteiger charge is -2.03. The number of aromatic nitrogens is 1. The molecule has 0 aliphatic heterocycles. The van der Waals surface area contributed by atoms with E-state index in [9.17, 15) is 4.39 Å². The number of rotatable bonds is 1. The highest BCUT2D eigenvalue weighted by Crippen LogP contribution is 2.27. The molecule has 0 unspecified atom stereocenters. The minimum atomic E-state index is -0.539. The molecule has 0 aliphatic rings. The Balaban J connectivity index is 3.25. The van der Waals surface area contributed by atoms with E-state index in [-0.39, 0.29) is 17.2 Å². The Hall–Kier alpha value is -1.32. The fourth-order valence-electron chi connectivity index (χ4n) is 0.696. The fraction of sp³-hybridized carbons (Fsp3) is 0.286. The van der Waals surface area contributed by atoms with E-state index in [1.165, 1.54) is 14.0 Å². The zero-order valence-corrected chi connectivity index (χ0v) is 6.26. The van der Waals surface area contributed by atoms with Crippen LogP contribution >= 0.6 is 0 Å². The summed E-state index contributed by atoms with van der Waals surface area (Å²) < 4.78 is 17.3. The highest BCUT2D eigenvalue weighted by atomic mass is 19.1. The summed E-state index contributed by atoms with van der Waals surface area (Å²) in [6.07, 6.45) is 1.01. The van der Waals surface area contributed by atoms with Crippen LogP contribution in [0.2, 0.25) is 0 Å². The van der Waals surface area contributed by atoms with Crippen LogP contribution in [-0.2, 0) is 0 Å². The molecule has 0 aromatic carbocycles. The van der Waals surface area contributed by atoms with E-state index >= 15 is 0 Å². The quantitative estimate of drug-likeness (QED) is 0.666.